The first-order valence-corrected chi connectivity index (χ1v) is 14.4. The number of phenolic OH excluding ortho intramolecular Hbond substituents is 1. The molecule has 1 aromatic carbocycles. The smallest absolute Gasteiger partial charge is 0.235 e. The molecular formula is C29H34ClN3O7. The van der Waals surface area contributed by atoms with Crippen molar-refractivity contribution in [2.24, 2.45) is 35.3 Å². The molecule has 4 fully saturated rings. The molecule has 0 spiro atoms. The number of halogens is 1. The highest BCUT2D eigenvalue weighted by molar-refractivity contribution is 6.34. The summed E-state index contributed by atoms with van der Waals surface area (Å²) >= 11 is 6.90. The van der Waals surface area contributed by atoms with Crippen molar-refractivity contribution < 1.29 is 34.2 Å². The van der Waals surface area contributed by atoms with Crippen LogP contribution in [-0.4, -0.2) is 87.4 Å². The summed E-state index contributed by atoms with van der Waals surface area (Å²) in [4.78, 5) is 70.2. The summed E-state index contributed by atoms with van der Waals surface area (Å²) < 4.78 is 0. The molecule has 1 amide bonds. The van der Waals surface area contributed by atoms with Gasteiger partial charge in [0.05, 0.1) is 17.5 Å². The predicted molar refractivity (Wildman–Crippen MR) is 143 cm³/mol. The molecule has 11 heteroatoms. The molecule has 6 rings (SSSR count). The van der Waals surface area contributed by atoms with Gasteiger partial charge in [-0.2, -0.15) is 0 Å². The van der Waals surface area contributed by atoms with Gasteiger partial charge in [-0.05, 0) is 81.6 Å². The Kier molecular flexibility index (Phi) is 6.49. The molecule has 10 nitrogen and oxygen atoms in total. The number of primary amides is 1. The quantitative estimate of drug-likeness (QED) is 0.404. The summed E-state index contributed by atoms with van der Waals surface area (Å²) in [6.45, 7) is 1.52. The van der Waals surface area contributed by atoms with Crippen LogP contribution in [0, 0.1) is 29.6 Å². The number of hydrogen-bond donors (Lipinski definition) is 3. The molecule has 40 heavy (non-hydrogen) atoms. The predicted octanol–water partition coefficient (Wildman–Crippen LogP) is 0.895. The monoisotopic (exact) mass is 571 g/mol. The second-order valence-electron chi connectivity index (χ2n) is 12.6. The lowest BCUT2D eigenvalue weighted by Crippen LogP contribution is -2.74. The van der Waals surface area contributed by atoms with Gasteiger partial charge in [-0.25, -0.2) is 0 Å². The highest BCUT2D eigenvalue weighted by atomic mass is 35.5. The number of carbonyl (C=O) groups excluding carboxylic acids is 5. The van der Waals surface area contributed by atoms with E-state index in [4.69, 9.17) is 17.3 Å². The standard InChI is InChI=1S/C29H34ClN3O7/c1-32(2)23-17-8-13-7-16-20(18(34)9-14(22(16)30)11-33(15-5-6-15)10-12-3-4-12)24(35)19(13)26(37)29(17,40)27(38)21(25(23)36)28(31)39/h9,12-13,15,17,19,21,23,34,40H,3-8,10-11H2,1-2H3,(H2,31,39)/t13-,17-,19?,21?,23-,29?/m0/s1. The molecule has 0 saturated heterocycles. The number of likely N-dealkylation sites (N-methyl/N-ethyl adjacent to an activating group) is 1. The third-order valence-corrected chi connectivity index (χ3v) is 10.2. The number of carbonyl (C=O) groups is 5. The first-order chi connectivity index (χ1) is 18.9. The van der Waals surface area contributed by atoms with E-state index in [1.165, 1.54) is 23.8 Å². The van der Waals surface area contributed by atoms with Gasteiger partial charge in [0.2, 0.25) is 5.91 Å². The maximum Gasteiger partial charge on any atom is 0.235 e. The van der Waals surface area contributed by atoms with Gasteiger partial charge in [0, 0.05) is 30.1 Å². The summed E-state index contributed by atoms with van der Waals surface area (Å²) in [5.41, 5.74) is 3.72. The van der Waals surface area contributed by atoms with Gasteiger partial charge in [-0.3, -0.25) is 33.8 Å². The molecule has 1 aromatic rings. The number of amides is 1. The van der Waals surface area contributed by atoms with Crippen LogP contribution in [0.15, 0.2) is 6.07 Å². The first-order valence-electron chi connectivity index (χ1n) is 14.0. The van der Waals surface area contributed by atoms with E-state index in [1.54, 1.807) is 14.1 Å². The highest BCUT2D eigenvalue weighted by Gasteiger charge is 2.69. The van der Waals surface area contributed by atoms with Crippen molar-refractivity contribution in [2.75, 3.05) is 20.6 Å². The Morgan fingerprint density at radius 3 is 2.38 bits per heavy atom. The molecule has 0 aliphatic heterocycles. The van der Waals surface area contributed by atoms with Crippen LogP contribution >= 0.6 is 11.6 Å². The molecule has 3 unspecified atom stereocenters. The number of rotatable bonds is 7. The number of aromatic hydroxyl groups is 1. The lowest BCUT2D eigenvalue weighted by molar-refractivity contribution is -0.181. The third-order valence-electron chi connectivity index (χ3n) is 9.70. The van der Waals surface area contributed by atoms with Crippen LogP contribution in [0.5, 0.6) is 5.75 Å². The number of aliphatic hydroxyl groups is 1. The molecule has 0 bridgehead atoms. The van der Waals surface area contributed by atoms with Crippen LogP contribution in [0.1, 0.15) is 53.6 Å². The Morgan fingerprint density at radius 1 is 1.12 bits per heavy atom. The average molecular weight is 572 g/mol. The summed E-state index contributed by atoms with van der Waals surface area (Å²) in [6, 6.07) is 0.844. The number of Topliss-reactive ketones (excluding diaryl/α,β-unsaturated/α-hetero) is 4. The number of nitrogens with two attached hydrogens (primary N) is 1. The van der Waals surface area contributed by atoms with Crippen LogP contribution in [0.4, 0.5) is 0 Å². The summed E-state index contributed by atoms with van der Waals surface area (Å²) in [5.74, 6) is -9.89. The van der Waals surface area contributed by atoms with Crippen LogP contribution in [-0.2, 0) is 32.1 Å². The number of hydrogen-bond acceptors (Lipinski definition) is 9. The minimum Gasteiger partial charge on any atom is -0.507 e. The summed E-state index contributed by atoms with van der Waals surface area (Å²) in [7, 11) is 3.12. The SMILES string of the molecule is CN(C)[C@@H]1C(=O)C(C(N)=O)C(=O)C2(O)C(=O)C3C(=O)c4c(O)cc(CN(CC5CC5)C5CC5)c(Cl)c4C[C@H]3C[C@@H]12. The number of phenols is 1. The Bertz CT molecular complexity index is 1350. The zero-order valence-electron chi connectivity index (χ0n) is 22.6. The van der Waals surface area contributed by atoms with Crippen LogP contribution in [0.25, 0.3) is 0 Å². The lowest BCUT2D eigenvalue weighted by atomic mass is 9.52. The van der Waals surface area contributed by atoms with Crippen molar-refractivity contribution in [1.82, 2.24) is 9.80 Å². The molecule has 5 aliphatic carbocycles. The van der Waals surface area contributed by atoms with Crippen molar-refractivity contribution in [3.63, 3.8) is 0 Å². The Hall–Kier alpha value is -2.66. The van der Waals surface area contributed by atoms with Crippen molar-refractivity contribution in [2.45, 2.75) is 62.8 Å². The topological polar surface area (TPSA) is 158 Å². The van der Waals surface area contributed by atoms with E-state index >= 15 is 0 Å². The molecule has 5 aliphatic rings. The molecule has 4 N–H and O–H groups in total. The van der Waals surface area contributed by atoms with E-state index < -0.39 is 64.4 Å². The van der Waals surface area contributed by atoms with E-state index in [0.717, 1.165) is 19.4 Å². The Morgan fingerprint density at radius 2 is 1.80 bits per heavy atom. The van der Waals surface area contributed by atoms with E-state index in [2.05, 4.69) is 4.90 Å². The molecule has 0 radical (unpaired) electrons. The minimum atomic E-state index is -2.73. The zero-order chi connectivity index (χ0) is 28.8. The molecule has 214 valence electrons. The fraction of sp³-hybridized carbons (Fsp3) is 0.621. The van der Waals surface area contributed by atoms with Crippen molar-refractivity contribution in [3.05, 3.63) is 27.8 Å². The molecule has 6 atom stereocenters. The first kappa shape index (κ1) is 27.5. The van der Waals surface area contributed by atoms with Gasteiger partial charge < -0.3 is 15.9 Å². The van der Waals surface area contributed by atoms with E-state index in [-0.39, 0.29) is 24.2 Å². The Labute approximate surface area is 236 Å². The zero-order valence-corrected chi connectivity index (χ0v) is 23.3. The maximum atomic E-state index is 13.9. The van der Waals surface area contributed by atoms with Crippen LogP contribution in [0.3, 0.4) is 0 Å². The van der Waals surface area contributed by atoms with Crippen molar-refractivity contribution >= 4 is 40.6 Å². The number of ketones is 4. The van der Waals surface area contributed by atoms with Crippen molar-refractivity contribution in [1.29, 1.82) is 0 Å². The maximum absolute atomic E-state index is 13.9. The van der Waals surface area contributed by atoms with Gasteiger partial charge >= 0.3 is 0 Å². The van der Waals surface area contributed by atoms with E-state index in [9.17, 15) is 34.2 Å². The lowest BCUT2D eigenvalue weighted by Gasteiger charge is -2.52. The summed E-state index contributed by atoms with van der Waals surface area (Å²) in [5, 5.41) is 23.1. The van der Waals surface area contributed by atoms with Gasteiger partial charge in [0.1, 0.15) is 5.75 Å². The summed E-state index contributed by atoms with van der Waals surface area (Å²) in [6.07, 6.45) is 4.84. The number of benzene rings is 1. The highest BCUT2D eigenvalue weighted by Crippen LogP contribution is 2.52. The van der Waals surface area contributed by atoms with Gasteiger partial charge in [-0.15, -0.1) is 0 Å². The molecular weight excluding hydrogens is 538 g/mol. The normalized spacial score (nSPS) is 33.7. The molecule has 4 saturated carbocycles. The molecule has 0 aromatic heterocycles. The largest absolute Gasteiger partial charge is 0.507 e. The van der Waals surface area contributed by atoms with Crippen molar-refractivity contribution in [3.8, 4) is 5.75 Å². The fourth-order valence-electron chi connectivity index (χ4n) is 7.46. The second-order valence-corrected chi connectivity index (χ2v) is 13.0. The van der Waals surface area contributed by atoms with Crippen LogP contribution < -0.4 is 5.73 Å². The third kappa shape index (κ3) is 4.06. The number of fused-ring (bicyclic) bond motifs is 3. The van der Waals surface area contributed by atoms with Gasteiger partial charge in [0.25, 0.3) is 0 Å². The second kappa shape index (κ2) is 9.44. The van der Waals surface area contributed by atoms with E-state index in [0.29, 0.717) is 34.7 Å². The molecule has 0 heterocycles. The fourth-order valence-corrected chi connectivity index (χ4v) is 7.74. The van der Waals surface area contributed by atoms with Gasteiger partial charge in [-0.1, -0.05) is 11.6 Å². The minimum absolute atomic E-state index is 0.00108. The van der Waals surface area contributed by atoms with Gasteiger partial charge in [0.15, 0.2) is 34.7 Å². The van der Waals surface area contributed by atoms with E-state index in [1.807, 2.05) is 0 Å². The van der Waals surface area contributed by atoms with Crippen LogP contribution in [0.2, 0.25) is 5.02 Å². The average Bonchev–Trinajstić information content (AvgIpc) is 3.78. The number of nitrogens with zero attached hydrogens (tertiary/aromatic N) is 2. The Balaban J connectivity index is 1.38.